The Kier molecular flexibility index (Phi) is 11.0. The van der Waals surface area contributed by atoms with Crippen molar-refractivity contribution < 1.29 is 33.2 Å². The number of carbonyl (C=O) groups is 1. The number of hydrogen-bond acceptors (Lipinski definition) is 9. The van der Waals surface area contributed by atoms with E-state index < -0.39 is 11.9 Å². The molecule has 0 saturated carbocycles. The molecule has 1 aromatic heterocycles. The third-order valence-electron chi connectivity index (χ3n) is 6.93. The molecule has 10 nitrogen and oxygen atoms in total. The van der Waals surface area contributed by atoms with Crippen LogP contribution in [0.5, 0.6) is 23.0 Å². The second kappa shape index (κ2) is 15.3. The number of rotatable bonds is 11. The van der Waals surface area contributed by atoms with Crippen LogP contribution in [0.2, 0.25) is 5.02 Å². The molecule has 3 aromatic carbocycles. The van der Waals surface area contributed by atoms with Crippen LogP contribution in [0.4, 0.5) is 10.1 Å². The topological polar surface area (TPSA) is 114 Å². The van der Waals surface area contributed by atoms with E-state index in [1.807, 2.05) is 0 Å². The number of benzene rings is 3. The van der Waals surface area contributed by atoms with Gasteiger partial charge in [-0.25, -0.2) is 4.39 Å². The highest BCUT2D eigenvalue weighted by Crippen LogP contribution is 2.38. The maximum atomic E-state index is 15.1. The molecule has 236 valence electrons. The van der Waals surface area contributed by atoms with Gasteiger partial charge in [-0.1, -0.05) is 23.7 Å². The summed E-state index contributed by atoms with van der Waals surface area (Å²) in [6.45, 7) is 3.36. The van der Waals surface area contributed by atoms with Crippen molar-refractivity contribution in [1.82, 2.24) is 15.2 Å². The highest BCUT2D eigenvalue weighted by molar-refractivity contribution is 7.80. The zero-order chi connectivity index (χ0) is 31.8. The van der Waals surface area contributed by atoms with Gasteiger partial charge in [0.2, 0.25) is 5.91 Å². The van der Waals surface area contributed by atoms with Crippen LogP contribution in [0.15, 0.2) is 66.9 Å². The lowest BCUT2D eigenvalue weighted by molar-refractivity contribution is -0.119. The van der Waals surface area contributed by atoms with Gasteiger partial charge in [-0.15, -0.1) is 0 Å². The van der Waals surface area contributed by atoms with E-state index in [1.165, 1.54) is 19.2 Å². The quantitative estimate of drug-likeness (QED) is 0.192. The summed E-state index contributed by atoms with van der Waals surface area (Å²) < 4.78 is 37.8. The SMILES string of the molecule is COc1cc2c(Oc3ccc(NC(=S)NC(=O)Cc4ccc(Cl)cc4)cc3F)ccnc2cc1OCC(O)CN1CCOCC1. The molecule has 0 aliphatic carbocycles. The number of thiocarbonyl (C=S) groups is 1. The molecule has 1 amide bonds. The Hall–Kier alpha value is -4.07. The second-order valence-electron chi connectivity index (χ2n) is 10.3. The molecule has 0 bridgehead atoms. The van der Waals surface area contributed by atoms with Gasteiger partial charge in [0.25, 0.3) is 0 Å². The van der Waals surface area contributed by atoms with Gasteiger partial charge in [-0.05, 0) is 54.2 Å². The van der Waals surface area contributed by atoms with Gasteiger partial charge in [0.15, 0.2) is 28.2 Å². The Balaban J connectivity index is 1.21. The van der Waals surface area contributed by atoms with Gasteiger partial charge in [-0.2, -0.15) is 0 Å². The first-order valence-electron chi connectivity index (χ1n) is 14.2. The Morgan fingerprint density at radius 3 is 2.60 bits per heavy atom. The number of halogens is 2. The fourth-order valence-corrected chi connectivity index (χ4v) is 5.07. The van der Waals surface area contributed by atoms with Crippen LogP contribution < -0.4 is 24.8 Å². The number of hydrogen-bond donors (Lipinski definition) is 3. The summed E-state index contributed by atoms with van der Waals surface area (Å²) in [6.07, 6.45) is 0.946. The van der Waals surface area contributed by atoms with E-state index in [2.05, 4.69) is 20.5 Å². The number of aliphatic hydroxyl groups is 1. The van der Waals surface area contributed by atoms with E-state index >= 15 is 4.39 Å². The smallest absolute Gasteiger partial charge is 0.230 e. The fraction of sp³-hybridized carbons (Fsp3) is 0.281. The molecule has 1 fully saturated rings. The number of nitrogens with zero attached hydrogens (tertiary/aromatic N) is 2. The van der Waals surface area contributed by atoms with E-state index in [9.17, 15) is 9.90 Å². The number of carbonyl (C=O) groups excluding carboxylic acids is 1. The number of nitrogens with one attached hydrogen (secondary N) is 2. The molecule has 1 saturated heterocycles. The molecule has 13 heteroatoms. The number of pyridine rings is 1. The predicted molar refractivity (Wildman–Crippen MR) is 173 cm³/mol. The summed E-state index contributed by atoms with van der Waals surface area (Å²) in [6, 6.07) is 16.1. The molecule has 5 rings (SSSR count). The van der Waals surface area contributed by atoms with Crippen LogP contribution >= 0.6 is 23.8 Å². The lowest BCUT2D eigenvalue weighted by Gasteiger charge is -2.28. The predicted octanol–water partition coefficient (Wildman–Crippen LogP) is 4.96. The zero-order valence-corrected chi connectivity index (χ0v) is 26.0. The number of fused-ring (bicyclic) bond motifs is 1. The first-order valence-corrected chi connectivity index (χ1v) is 15.0. The highest BCUT2D eigenvalue weighted by Gasteiger charge is 2.18. The Bertz CT molecular complexity index is 1660. The summed E-state index contributed by atoms with van der Waals surface area (Å²) in [7, 11) is 1.50. The number of aliphatic hydroxyl groups excluding tert-OH is 1. The van der Waals surface area contributed by atoms with Crippen molar-refractivity contribution in [2.75, 3.05) is 51.9 Å². The van der Waals surface area contributed by atoms with E-state index in [4.69, 9.17) is 42.8 Å². The third-order valence-corrected chi connectivity index (χ3v) is 7.39. The average Bonchev–Trinajstić information content (AvgIpc) is 3.02. The molecular formula is C32H32ClFN4O6S. The summed E-state index contributed by atoms with van der Waals surface area (Å²) in [5.41, 5.74) is 1.63. The second-order valence-corrected chi connectivity index (χ2v) is 11.1. The molecule has 45 heavy (non-hydrogen) atoms. The molecular weight excluding hydrogens is 623 g/mol. The van der Waals surface area contributed by atoms with E-state index in [1.54, 1.807) is 54.7 Å². The number of morpholine rings is 1. The van der Waals surface area contributed by atoms with Crippen molar-refractivity contribution in [1.29, 1.82) is 0 Å². The van der Waals surface area contributed by atoms with Crippen molar-refractivity contribution in [2.45, 2.75) is 12.5 Å². The van der Waals surface area contributed by atoms with Crippen molar-refractivity contribution in [3.8, 4) is 23.0 Å². The van der Waals surface area contributed by atoms with Crippen molar-refractivity contribution in [3.05, 3.63) is 83.3 Å². The molecule has 1 aliphatic rings. The summed E-state index contributed by atoms with van der Waals surface area (Å²) in [4.78, 5) is 18.9. The number of ether oxygens (including phenoxy) is 4. The highest BCUT2D eigenvalue weighted by atomic mass is 35.5. The average molecular weight is 655 g/mol. The molecule has 0 radical (unpaired) electrons. The van der Waals surface area contributed by atoms with E-state index in [-0.39, 0.29) is 29.8 Å². The normalized spacial score (nSPS) is 14.0. The maximum Gasteiger partial charge on any atom is 0.230 e. The largest absolute Gasteiger partial charge is 0.493 e. The summed E-state index contributed by atoms with van der Waals surface area (Å²) >= 11 is 11.1. The van der Waals surface area contributed by atoms with E-state index in [0.717, 1.165) is 18.7 Å². The molecule has 1 atom stereocenters. The van der Waals surface area contributed by atoms with Crippen LogP contribution in [0.3, 0.4) is 0 Å². The summed E-state index contributed by atoms with van der Waals surface area (Å²) in [5, 5.41) is 17.1. The first kappa shape index (κ1) is 32.3. The van der Waals surface area contributed by atoms with Gasteiger partial charge >= 0.3 is 0 Å². The minimum atomic E-state index is -0.702. The van der Waals surface area contributed by atoms with Gasteiger partial charge in [-0.3, -0.25) is 14.7 Å². The third kappa shape index (κ3) is 8.99. The van der Waals surface area contributed by atoms with Crippen LogP contribution in [0, 0.1) is 5.82 Å². The Labute approximate surface area is 270 Å². The maximum absolute atomic E-state index is 15.1. The molecule has 1 aliphatic heterocycles. The number of β-amino-alcohol motifs (C(OH)–C–C–N with tert-alkyl or cyclic N) is 1. The zero-order valence-electron chi connectivity index (χ0n) is 24.4. The number of aromatic nitrogens is 1. The molecule has 2 heterocycles. The standard InChI is InChI=1S/C32H32ClFN4O6S/c1-41-29-16-24-26(17-30(29)43-19-23(39)18-38-10-12-42-13-11-38)35-9-8-27(24)44-28-7-6-22(15-25(28)34)36-32(45)37-31(40)14-20-2-4-21(33)5-3-20/h2-9,15-17,23,39H,10-14,18-19H2,1H3,(H2,36,37,40,45). The lowest BCUT2D eigenvalue weighted by Crippen LogP contribution is -2.42. The minimum Gasteiger partial charge on any atom is -0.493 e. The summed E-state index contributed by atoms with van der Waals surface area (Å²) in [5.74, 6) is 0.159. The van der Waals surface area contributed by atoms with Crippen LogP contribution in [-0.4, -0.2) is 78.7 Å². The molecule has 4 aromatic rings. The monoisotopic (exact) mass is 654 g/mol. The first-order chi connectivity index (χ1) is 21.8. The number of anilines is 1. The number of amides is 1. The Morgan fingerprint density at radius 1 is 1.09 bits per heavy atom. The van der Waals surface area contributed by atoms with Crippen LogP contribution in [0.1, 0.15) is 5.56 Å². The van der Waals surface area contributed by atoms with Crippen molar-refractivity contribution in [3.63, 3.8) is 0 Å². The van der Waals surface area contributed by atoms with Crippen LogP contribution in [0.25, 0.3) is 10.9 Å². The lowest BCUT2D eigenvalue weighted by atomic mass is 10.1. The molecule has 3 N–H and O–H groups in total. The fourth-order valence-electron chi connectivity index (χ4n) is 4.71. The number of methoxy groups -OCH3 is 1. The molecule has 1 unspecified atom stereocenters. The van der Waals surface area contributed by atoms with Gasteiger partial charge in [0, 0.05) is 54.1 Å². The van der Waals surface area contributed by atoms with Crippen molar-refractivity contribution in [2.24, 2.45) is 0 Å². The van der Waals surface area contributed by atoms with Crippen LogP contribution in [-0.2, 0) is 16.0 Å². The molecule has 0 spiro atoms. The van der Waals surface area contributed by atoms with E-state index in [0.29, 0.717) is 58.6 Å². The van der Waals surface area contributed by atoms with Gasteiger partial charge in [0.05, 0.1) is 32.3 Å². The van der Waals surface area contributed by atoms with Gasteiger partial charge in [0.1, 0.15) is 18.5 Å². The minimum absolute atomic E-state index is 0.0286. The van der Waals surface area contributed by atoms with Crippen molar-refractivity contribution >= 4 is 51.4 Å². The Morgan fingerprint density at radius 2 is 1.87 bits per heavy atom. The van der Waals surface area contributed by atoms with Gasteiger partial charge < -0.3 is 34.7 Å².